The number of Topliss-reactive ketones (excluding diaryl/α,β-unsaturated/α-hetero) is 2. The van der Waals surface area contributed by atoms with Gasteiger partial charge in [-0.1, -0.05) is 54.6 Å². The van der Waals surface area contributed by atoms with Gasteiger partial charge in [-0.25, -0.2) is 0 Å². The molecule has 5 N–H and O–H groups in total. The van der Waals surface area contributed by atoms with Gasteiger partial charge in [0, 0.05) is 113 Å². The number of rotatable bonds is 2. The number of phenolic OH excluding ortho intramolecular Hbond substituents is 1. The van der Waals surface area contributed by atoms with Crippen LogP contribution in [-0.2, 0) is 9.59 Å². The highest BCUT2D eigenvalue weighted by Crippen LogP contribution is 2.64. The quantitative estimate of drug-likeness (QED) is 0.105. The Balaban J connectivity index is 0.000000144. The molecule has 16 rings (SSSR count). The third-order valence-corrected chi connectivity index (χ3v) is 23.0. The van der Waals surface area contributed by atoms with E-state index < -0.39 is 11.2 Å². The molecule has 6 aromatic rings. The number of benzene rings is 2. The molecule has 6 fully saturated rings. The zero-order chi connectivity index (χ0) is 57.5. The molecule has 2 aromatic carbocycles. The Morgan fingerprint density at radius 2 is 1.00 bits per heavy atom. The van der Waals surface area contributed by atoms with E-state index in [-0.39, 0.29) is 34.6 Å². The molecule has 6 bridgehead atoms. The lowest BCUT2D eigenvalue weighted by Gasteiger charge is -2.58. The number of pyridine rings is 2. The van der Waals surface area contributed by atoms with E-state index in [1.54, 1.807) is 6.07 Å². The fraction of sp³-hybridized carbons (Fsp3) is 0.556. The zero-order valence-corrected chi connectivity index (χ0v) is 49.8. The maximum atomic E-state index is 13.1. The number of nitrogens with one attached hydrogen (secondary N) is 2. The number of carbonyl (C=O) groups is 2. The van der Waals surface area contributed by atoms with E-state index in [0.717, 1.165) is 180 Å². The average Bonchev–Trinajstić information content (AvgIpc) is 1.63. The highest BCUT2D eigenvalue weighted by molar-refractivity contribution is 6.12. The summed E-state index contributed by atoms with van der Waals surface area (Å²) in [6.07, 6.45) is 38.3. The smallest absolute Gasteiger partial charge is 0.139 e. The lowest BCUT2D eigenvalue weighted by molar-refractivity contribution is -0.121. The molecule has 12 atom stereocenters. The molecule has 2 aliphatic carbocycles. The van der Waals surface area contributed by atoms with Crippen molar-refractivity contribution < 1.29 is 24.9 Å². The lowest BCUT2D eigenvalue weighted by Crippen LogP contribution is -2.65. The molecule has 12 heterocycles. The van der Waals surface area contributed by atoms with Crippen LogP contribution < -0.4 is 0 Å². The van der Waals surface area contributed by atoms with Gasteiger partial charge in [0.2, 0.25) is 0 Å². The maximum Gasteiger partial charge on any atom is 0.139 e. The first kappa shape index (κ1) is 55.8. The summed E-state index contributed by atoms with van der Waals surface area (Å²) in [5, 5.41) is 41.3. The van der Waals surface area contributed by atoms with Gasteiger partial charge in [0.25, 0.3) is 0 Å². The minimum Gasteiger partial charge on any atom is -0.506 e. The van der Waals surface area contributed by atoms with Gasteiger partial charge in [0.05, 0.1) is 39.1 Å². The second-order valence-corrected chi connectivity index (χ2v) is 27.9. The Labute approximate surface area is 500 Å². The van der Waals surface area contributed by atoms with Crippen molar-refractivity contribution in [3.8, 4) is 5.75 Å². The molecule has 13 nitrogen and oxygen atoms in total. The zero-order valence-electron chi connectivity index (χ0n) is 49.8. The van der Waals surface area contributed by atoms with Crippen molar-refractivity contribution >= 4 is 66.3 Å². The van der Waals surface area contributed by atoms with Gasteiger partial charge in [0.1, 0.15) is 17.3 Å². The number of aromatic hydroxyl groups is 1. The van der Waals surface area contributed by atoms with Crippen LogP contribution in [0.2, 0.25) is 0 Å². The highest BCUT2D eigenvalue weighted by Gasteiger charge is 2.68. The summed E-state index contributed by atoms with van der Waals surface area (Å²) in [6, 6.07) is 19.1. The van der Waals surface area contributed by atoms with Crippen molar-refractivity contribution in [2.45, 2.75) is 177 Å². The Morgan fingerprint density at radius 3 is 1.58 bits per heavy atom. The van der Waals surface area contributed by atoms with Crippen molar-refractivity contribution in [3.05, 3.63) is 115 Å². The first-order chi connectivity index (χ1) is 41.5. The van der Waals surface area contributed by atoms with E-state index in [9.17, 15) is 24.9 Å². The van der Waals surface area contributed by atoms with Crippen molar-refractivity contribution in [1.29, 1.82) is 0 Å². The number of allylic oxidation sites excluding steroid dienone is 6. The number of hydrogen-bond donors (Lipinski definition) is 5. The van der Waals surface area contributed by atoms with E-state index in [4.69, 9.17) is 9.97 Å². The second kappa shape index (κ2) is 22.4. The fourth-order valence-electron chi connectivity index (χ4n) is 19.8. The van der Waals surface area contributed by atoms with Gasteiger partial charge in [-0.3, -0.25) is 29.4 Å². The summed E-state index contributed by atoms with van der Waals surface area (Å²) in [5.74, 6) is 1.64. The lowest BCUT2D eigenvalue weighted by atomic mass is 9.54. The van der Waals surface area contributed by atoms with Crippen molar-refractivity contribution in [2.75, 3.05) is 52.4 Å². The number of carbonyl (C=O) groups excluding carboxylic acids is 2. The van der Waals surface area contributed by atoms with Gasteiger partial charge < -0.3 is 35.1 Å². The third kappa shape index (κ3) is 9.62. The first-order valence-corrected chi connectivity index (χ1v) is 33.2. The van der Waals surface area contributed by atoms with Gasteiger partial charge in [-0.15, -0.1) is 0 Å². The predicted molar refractivity (Wildman–Crippen MR) is 338 cm³/mol. The van der Waals surface area contributed by atoms with Crippen LogP contribution >= 0.6 is 0 Å². The number of phenols is 1. The molecule has 10 aliphatic rings. The molecule has 13 heteroatoms. The molecule has 2 spiro atoms. The standard InChI is InChI=1S/C36H44N4O3.C36H44N4O2/c41-25-9-8-19-40-24(12-13-25)21-35-23-39-18-6-4-2-1-3-5-16-36(43,34(35)40)22-28(29(35)15-20-39)32-33-27(14-17-37-32)26-10-7-11-30(42)31(26)38-33;41-26-10-9-20-40-25(13-14-26)22-35-24-39-19-8-4-2-1-3-7-17-36(42,34(35)40)23-29(30(35)16-21-39)32-33-28(15-18-37-32)27-11-5-6-12-31(27)38-33/h1,3,7,10-11,14,17,22,24,29,34,38,42-43H,2,4-6,8-9,12-13,15-16,18-21,23H2;1,3,5-6,11-12,15,18,23,25,30,34,38,42H,2,4,7-10,13-14,16-17,19-22,24H2/b2*3-1-/t24?,29-,34+,35-,36-;25?,30-,34+,35-,36-/m00/s1. The summed E-state index contributed by atoms with van der Waals surface area (Å²) >= 11 is 0. The number of para-hydroxylation sites is 2. The van der Waals surface area contributed by atoms with E-state index in [2.05, 4.69) is 102 Å². The Kier molecular flexibility index (Phi) is 14.7. The van der Waals surface area contributed by atoms with Crippen LogP contribution in [0.15, 0.2) is 103 Å². The molecule has 0 saturated carbocycles. The van der Waals surface area contributed by atoms with Crippen LogP contribution in [-0.4, -0.2) is 154 Å². The minimum absolute atomic E-state index is 0.0230. The molecule has 0 radical (unpaired) electrons. The second-order valence-electron chi connectivity index (χ2n) is 27.9. The third-order valence-electron chi connectivity index (χ3n) is 23.0. The first-order valence-electron chi connectivity index (χ1n) is 33.2. The summed E-state index contributed by atoms with van der Waals surface area (Å²) < 4.78 is 0. The number of aromatic amines is 2. The molecular weight excluding hydrogens is 1060 g/mol. The van der Waals surface area contributed by atoms with Crippen LogP contribution in [0.3, 0.4) is 0 Å². The number of piperidine rings is 2. The van der Waals surface area contributed by atoms with Gasteiger partial charge in [0.15, 0.2) is 0 Å². The van der Waals surface area contributed by atoms with Gasteiger partial charge in [-0.05, 0) is 214 Å². The number of ketones is 2. The summed E-state index contributed by atoms with van der Waals surface area (Å²) in [4.78, 5) is 53.4. The molecular formula is C72H88N8O5. The van der Waals surface area contributed by atoms with E-state index in [1.165, 1.54) is 47.6 Å². The van der Waals surface area contributed by atoms with Crippen LogP contribution in [0.5, 0.6) is 5.75 Å². The minimum atomic E-state index is -1.01. The number of fused-ring (bicyclic) bond motifs is 10. The molecule has 85 heavy (non-hydrogen) atoms. The van der Waals surface area contributed by atoms with Gasteiger partial charge in [-0.2, -0.15) is 0 Å². The van der Waals surface area contributed by atoms with E-state index in [0.29, 0.717) is 61.7 Å². The Morgan fingerprint density at radius 1 is 0.494 bits per heavy atom. The highest BCUT2D eigenvalue weighted by atomic mass is 16.3. The topological polar surface area (TPSA) is 165 Å². The van der Waals surface area contributed by atoms with Crippen LogP contribution in [0.4, 0.5) is 0 Å². The summed E-state index contributed by atoms with van der Waals surface area (Å²) in [5.41, 5.74) is 6.10. The Hall–Kier alpha value is -5.80. The molecule has 4 aromatic heterocycles. The van der Waals surface area contributed by atoms with Crippen molar-refractivity contribution in [1.82, 2.24) is 39.5 Å². The number of hydrogen-bond acceptors (Lipinski definition) is 11. The molecule has 6 saturated heterocycles. The molecule has 4 unspecified atom stereocenters. The molecule has 0 amide bonds. The van der Waals surface area contributed by atoms with Gasteiger partial charge >= 0.3 is 0 Å². The number of H-pyrrole nitrogens is 2. The molecule has 446 valence electrons. The van der Waals surface area contributed by atoms with E-state index >= 15 is 0 Å². The predicted octanol–water partition coefficient (Wildman–Crippen LogP) is 12.2. The van der Waals surface area contributed by atoms with Crippen molar-refractivity contribution in [3.63, 3.8) is 0 Å². The van der Waals surface area contributed by atoms with Crippen molar-refractivity contribution in [2.24, 2.45) is 22.7 Å². The number of aromatic nitrogens is 4. The van der Waals surface area contributed by atoms with Crippen LogP contribution in [0.1, 0.15) is 153 Å². The normalized spacial score (nSPS) is 36.4. The monoisotopic (exact) mass is 1140 g/mol. The SMILES string of the molecule is O=C1CCCN2C(CC1)C[C@]13CN4CCCC/C=C\CC[C@](O)(C=C(c5nccc6c5[nH]c5c(O)cccc56)[C@@H]1CC4)[C@H]23.O=C1CCCN2C(CC1)C[C@]13CN4CCCC/C=C\CC[C@](O)(C=C(c5nccc6c5[nH]c5ccccc56)[C@@H]1CC4)[C@H]23. The van der Waals surface area contributed by atoms with Crippen LogP contribution in [0.25, 0.3) is 54.8 Å². The summed E-state index contributed by atoms with van der Waals surface area (Å²) in [7, 11) is 0. The maximum absolute atomic E-state index is 13.1. The van der Waals surface area contributed by atoms with E-state index in [1.807, 2.05) is 24.5 Å². The van der Waals surface area contributed by atoms with Crippen LogP contribution in [0, 0.1) is 22.7 Å². The number of aliphatic hydroxyl groups is 2. The Bertz CT molecular complexity index is 3670. The number of nitrogens with zero attached hydrogens (tertiary/aromatic N) is 6. The largest absolute Gasteiger partial charge is 0.506 e. The molecule has 8 aliphatic heterocycles. The summed E-state index contributed by atoms with van der Waals surface area (Å²) in [6.45, 7) is 8.18. The average molecular weight is 1150 g/mol. The fourth-order valence-corrected chi connectivity index (χ4v) is 19.8.